The van der Waals surface area contributed by atoms with E-state index in [0.717, 1.165) is 25.6 Å². The van der Waals surface area contributed by atoms with E-state index in [1.54, 1.807) is 0 Å². The first-order valence-corrected chi connectivity index (χ1v) is 6.03. The second-order valence-electron chi connectivity index (χ2n) is 5.17. The van der Waals surface area contributed by atoms with Crippen molar-refractivity contribution in [3.8, 4) is 0 Å². The standard InChI is InChI=1S/C12H22O2/c13-9-12(6-3-7-14-10-12)8-11-4-1-2-5-11/h11,13H,1-10H2. The lowest BCUT2D eigenvalue weighted by atomic mass is 9.75. The molecule has 0 spiro atoms. The summed E-state index contributed by atoms with van der Waals surface area (Å²) in [4.78, 5) is 0. The molecule has 0 aromatic carbocycles. The lowest BCUT2D eigenvalue weighted by Crippen LogP contribution is -2.36. The predicted octanol–water partition coefficient (Wildman–Crippen LogP) is 2.36. The molecule has 1 saturated carbocycles. The van der Waals surface area contributed by atoms with Crippen molar-refractivity contribution in [2.24, 2.45) is 11.3 Å². The number of aliphatic hydroxyl groups excluding tert-OH is 1. The molecule has 2 fully saturated rings. The Labute approximate surface area is 86.6 Å². The maximum atomic E-state index is 9.52. The predicted molar refractivity (Wildman–Crippen MR) is 56.1 cm³/mol. The zero-order valence-electron chi connectivity index (χ0n) is 9.00. The third-order valence-corrected chi connectivity index (χ3v) is 3.94. The second kappa shape index (κ2) is 4.63. The van der Waals surface area contributed by atoms with E-state index in [2.05, 4.69) is 0 Å². The van der Waals surface area contributed by atoms with E-state index in [1.807, 2.05) is 0 Å². The molecule has 2 heteroatoms. The van der Waals surface area contributed by atoms with Crippen molar-refractivity contribution in [2.45, 2.75) is 44.9 Å². The van der Waals surface area contributed by atoms with Gasteiger partial charge in [-0.2, -0.15) is 0 Å². The van der Waals surface area contributed by atoms with Crippen molar-refractivity contribution in [2.75, 3.05) is 19.8 Å². The van der Waals surface area contributed by atoms with Crippen molar-refractivity contribution in [1.82, 2.24) is 0 Å². The van der Waals surface area contributed by atoms with Gasteiger partial charge in [-0.05, 0) is 25.2 Å². The minimum atomic E-state index is 0.118. The van der Waals surface area contributed by atoms with E-state index >= 15 is 0 Å². The minimum Gasteiger partial charge on any atom is -0.396 e. The monoisotopic (exact) mass is 198 g/mol. The van der Waals surface area contributed by atoms with Gasteiger partial charge >= 0.3 is 0 Å². The molecule has 1 unspecified atom stereocenters. The Hall–Kier alpha value is -0.0800. The van der Waals surface area contributed by atoms with Crippen LogP contribution in [0.5, 0.6) is 0 Å². The number of aliphatic hydroxyl groups is 1. The summed E-state index contributed by atoms with van der Waals surface area (Å²) in [5, 5.41) is 9.52. The molecule has 1 N–H and O–H groups in total. The third kappa shape index (κ3) is 2.29. The van der Waals surface area contributed by atoms with Crippen molar-refractivity contribution < 1.29 is 9.84 Å². The normalized spacial score (nSPS) is 34.9. The first-order chi connectivity index (χ1) is 6.85. The van der Waals surface area contributed by atoms with Gasteiger partial charge in [0.1, 0.15) is 0 Å². The average molecular weight is 198 g/mol. The van der Waals surface area contributed by atoms with Gasteiger partial charge in [0.2, 0.25) is 0 Å². The molecule has 82 valence electrons. The molecule has 0 aromatic rings. The summed E-state index contributed by atoms with van der Waals surface area (Å²) in [6.07, 6.45) is 9.04. The quantitative estimate of drug-likeness (QED) is 0.754. The zero-order chi connectivity index (χ0) is 9.86. The summed E-state index contributed by atoms with van der Waals surface area (Å²) < 4.78 is 5.53. The Bertz CT molecular complexity index is 167. The zero-order valence-corrected chi connectivity index (χ0v) is 9.00. The fraction of sp³-hybridized carbons (Fsp3) is 1.00. The van der Waals surface area contributed by atoms with E-state index < -0.39 is 0 Å². The average Bonchev–Trinajstić information content (AvgIpc) is 2.72. The van der Waals surface area contributed by atoms with E-state index in [9.17, 15) is 5.11 Å². The Morgan fingerprint density at radius 3 is 2.57 bits per heavy atom. The van der Waals surface area contributed by atoms with Gasteiger partial charge in [-0.3, -0.25) is 0 Å². The summed E-state index contributed by atoms with van der Waals surface area (Å²) in [7, 11) is 0. The molecule has 2 rings (SSSR count). The van der Waals surface area contributed by atoms with Gasteiger partial charge in [-0.25, -0.2) is 0 Å². The summed E-state index contributed by atoms with van der Waals surface area (Å²) in [5.74, 6) is 0.865. The van der Waals surface area contributed by atoms with Gasteiger partial charge in [0.15, 0.2) is 0 Å². The second-order valence-corrected chi connectivity index (χ2v) is 5.17. The molecule has 2 aliphatic rings. The molecule has 14 heavy (non-hydrogen) atoms. The van der Waals surface area contributed by atoms with Crippen LogP contribution >= 0.6 is 0 Å². The highest BCUT2D eigenvalue weighted by atomic mass is 16.5. The van der Waals surface area contributed by atoms with Crippen molar-refractivity contribution in [3.63, 3.8) is 0 Å². The topological polar surface area (TPSA) is 29.5 Å². The smallest absolute Gasteiger partial charge is 0.0544 e. The van der Waals surface area contributed by atoms with Crippen LogP contribution in [-0.2, 0) is 4.74 Å². The van der Waals surface area contributed by atoms with Gasteiger partial charge in [-0.15, -0.1) is 0 Å². The lowest BCUT2D eigenvalue weighted by molar-refractivity contribution is -0.0506. The van der Waals surface area contributed by atoms with Gasteiger partial charge in [0.05, 0.1) is 13.2 Å². The number of hydrogen-bond donors (Lipinski definition) is 1. The molecule has 1 aliphatic carbocycles. The highest BCUT2D eigenvalue weighted by molar-refractivity contribution is 4.85. The fourth-order valence-electron chi connectivity index (χ4n) is 3.09. The van der Waals surface area contributed by atoms with Crippen LogP contribution in [0.25, 0.3) is 0 Å². The molecule has 0 aromatic heterocycles. The lowest BCUT2D eigenvalue weighted by Gasteiger charge is -2.37. The van der Waals surface area contributed by atoms with Gasteiger partial charge in [0.25, 0.3) is 0 Å². The van der Waals surface area contributed by atoms with Gasteiger partial charge < -0.3 is 9.84 Å². The minimum absolute atomic E-state index is 0.118. The molecule has 0 radical (unpaired) electrons. The molecular weight excluding hydrogens is 176 g/mol. The molecule has 1 aliphatic heterocycles. The largest absolute Gasteiger partial charge is 0.396 e. The molecule has 1 saturated heterocycles. The summed E-state index contributed by atoms with van der Waals surface area (Å²) in [5.41, 5.74) is 0.118. The fourth-order valence-corrected chi connectivity index (χ4v) is 3.09. The molecule has 2 nitrogen and oxygen atoms in total. The van der Waals surface area contributed by atoms with Crippen LogP contribution in [0, 0.1) is 11.3 Å². The van der Waals surface area contributed by atoms with Crippen LogP contribution < -0.4 is 0 Å². The summed E-state index contributed by atoms with van der Waals surface area (Å²) >= 11 is 0. The van der Waals surface area contributed by atoms with Crippen LogP contribution in [-0.4, -0.2) is 24.9 Å². The van der Waals surface area contributed by atoms with E-state index in [0.29, 0.717) is 6.61 Å². The summed E-state index contributed by atoms with van der Waals surface area (Å²) in [6.45, 7) is 2.01. The maximum absolute atomic E-state index is 9.52. The first-order valence-electron chi connectivity index (χ1n) is 6.03. The Morgan fingerprint density at radius 1 is 1.21 bits per heavy atom. The van der Waals surface area contributed by atoms with Crippen molar-refractivity contribution in [1.29, 1.82) is 0 Å². The molecule has 0 amide bonds. The van der Waals surface area contributed by atoms with Crippen LogP contribution in [0.1, 0.15) is 44.9 Å². The van der Waals surface area contributed by atoms with Gasteiger partial charge in [0, 0.05) is 12.0 Å². The first kappa shape index (κ1) is 10.4. The Kier molecular flexibility index (Phi) is 3.45. The van der Waals surface area contributed by atoms with Crippen LogP contribution in [0.2, 0.25) is 0 Å². The molecule has 1 heterocycles. The van der Waals surface area contributed by atoms with E-state index in [1.165, 1.54) is 38.5 Å². The third-order valence-electron chi connectivity index (χ3n) is 3.94. The molecular formula is C12H22O2. The number of rotatable bonds is 3. The van der Waals surface area contributed by atoms with Crippen molar-refractivity contribution >= 4 is 0 Å². The number of hydrogen-bond acceptors (Lipinski definition) is 2. The molecule has 1 atom stereocenters. The van der Waals surface area contributed by atoms with E-state index in [4.69, 9.17) is 4.74 Å². The highest BCUT2D eigenvalue weighted by Crippen LogP contribution is 2.40. The number of ether oxygens (including phenoxy) is 1. The summed E-state index contributed by atoms with van der Waals surface area (Å²) in [6, 6.07) is 0. The van der Waals surface area contributed by atoms with E-state index in [-0.39, 0.29) is 5.41 Å². The highest BCUT2D eigenvalue weighted by Gasteiger charge is 2.35. The van der Waals surface area contributed by atoms with Gasteiger partial charge in [-0.1, -0.05) is 25.7 Å². The SMILES string of the molecule is OCC1(CC2CCCC2)CCCOC1. The van der Waals surface area contributed by atoms with Crippen LogP contribution in [0.3, 0.4) is 0 Å². The maximum Gasteiger partial charge on any atom is 0.0544 e. The Morgan fingerprint density at radius 2 is 2.00 bits per heavy atom. The Balaban J connectivity index is 1.89. The van der Waals surface area contributed by atoms with Crippen molar-refractivity contribution in [3.05, 3.63) is 0 Å². The molecule has 0 bridgehead atoms. The van der Waals surface area contributed by atoms with Crippen LogP contribution in [0.4, 0.5) is 0 Å². The van der Waals surface area contributed by atoms with Crippen LogP contribution in [0.15, 0.2) is 0 Å².